The van der Waals surface area contributed by atoms with Crippen molar-refractivity contribution in [3.05, 3.63) is 0 Å². The zero-order valence-corrected chi connectivity index (χ0v) is 15.9. The van der Waals surface area contributed by atoms with Crippen LogP contribution >= 0.6 is 0 Å². The lowest BCUT2D eigenvalue weighted by molar-refractivity contribution is 0.00289. The van der Waals surface area contributed by atoms with Gasteiger partial charge in [0.2, 0.25) is 0 Å². The molecular weight excluding hydrogens is 304 g/mol. The predicted molar refractivity (Wildman–Crippen MR) is 97.1 cm³/mol. The number of nitrogens with zero attached hydrogens (tertiary/aromatic N) is 3. The Labute approximate surface area is 147 Å². The third kappa shape index (κ3) is 5.90. The Bertz CT molecular complexity index is 410. The number of carbonyl (C=O) groups is 1. The highest BCUT2D eigenvalue weighted by atomic mass is 16.3. The minimum Gasteiger partial charge on any atom is -0.389 e. The number of hydrogen-bond acceptors (Lipinski definition) is 4. The number of likely N-dealkylation sites (tertiary alicyclic amines) is 1. The third-order valence-corrected chi connectivity index (χ3v) is 5.09. The van der Waals surface area contributed by atoms with Crippen molar-refractivity contribution in [1.29, 1.82) is 0 Å². The number of β-amino-alcohol motifs (C(OH)–C–C–N with tert-alkyl or cyclic N) is 1. The van der Waals surface area contributed by atoms with E-state index in [9.17, 15) is 9.90 Å². The molecule has 0 bridgehead atoms. The van der Waals surface area contributed by atoms with Gasteiger partial charge in [-0.3, -0.25) is 4.90 Å². The molecule has 0 aromatic rings. The Kier molecular flexibility index (Phi) is 6.89. The van der Waals surface area contributed by atoms with Gasteiger partial charge in [0.1, 0.15) is 0 Å². The summed E-state index contributed by atoms with van der Waals surface area (Å²) in [5.41, 5.74) is -0.689. The Morgan fingerprint density at radius 3 is 2.62 bits per heavy atom. The summed E-state index contributed by atoms with van der Waals surface area (Å²) < 4.78 is 0. The number of rotatable bonds is 6. The first-order chi connectivity index (χ1) is 11.3. The van der Waals surface area contributed by atoms with E-state index < -0.39 is 5.60 Å². The molecule has 2 saturated heterocycles. The van der Waals surface area contributed by atoms with E-state index in [-0.39, 0.29) is 12.1 Å². The highest BCUT2D eigenvalue weighted by Crippen LogP contribution is 2.16. The molecule has 2 N–H and O–H groups in total. The molecule has 2 rings (SSSR count). The van der Waals surface area contributed by atoms with Gasteiger partial charge in [-0.15, -0.1) is 0 Å². The fourth-order valence-corrected chi connectivity index (χ4v) is 3.85. The number of amides is 2. The van der Waals surface area contributed by atoms with E-state index in [2.05, 4.69) is 29.0 Å². The molecule has 2 heterocycles. The molecule has 0 aromatic carbocycles. The zero-order chi connectivity index (χ0) is 17.7. The van der Waals surface area contributed by atoms with Crippen molar-refractivity contribution in [2.75, 3.05) is 52.4 Å². The molecule has 2 aliphatic rings. The standard InChI is InChI=1S/C18H36N4O2/c1-5-7-20-8-6-16(13-20)11-19-17(23)21-9-10-22(15(2)12-21)14-18(3,4)24/h15-16,24H,5-14H2,1-4H3,(H,19,23)/t15-,16-/m1/s1. The highest BCUT2D eigenvalue weighted by molar-refractivity contribution is 5.74. The summed E-state index contributed by atoms with van der Waals surface area (Å²) in [6.07, 6.45) is 2.39. The van der Waals surface area contributed by atoms with E-state index in [1.54, 1.807) is 0 Å². The van der Waals surface area contributed by atoms with E-state index >= 15 is 0 Å². The number of piperazine rings is 1. The molecule has 2 amide bonds. The quantitative estimate of drug-likeness (QED) is 0.763. The van der Waals surface area contributed by atoms with Crippen LogP contribution in [-0.4, -0.2) is 89.8 Å². The topological polar surface area (TPSA) is 59.1 Å². The summed E-state index contributed by atoms with van der Waals surface area (Å²) >= 11 is 0. The third-order valence-electron chi connectivity index (χ3n) is 5.09. The maximum atomic E-state index is 12.4. The number of carbonyl (C=O) groups excluding carboxylic acids is 1. The molecule has 140 valence electrons. The first kappa shape index (κ1) is 19.5. The Morgan fingerprint density at radius 2 is 2.00 bits per heavy atom. The van der Waals surface area contributed by atoms with Gasteiger partial charge in [0.15, 0.2) is 0 Å². The second-order valence-electron chi connectivity index (χ2n) is 8.22. The lowest BCUT2D eigenvalue weighted by Gasteiger charge is -2.42. The average Bonchev–Trinajstić information content (AvgIpc) is 2.93. The van der Waals surface area contributed by atoms with Gasteiger partial charge in [-0.05, 0) is 52.6 Å². The Balaban J connectivity index is 1.71. The van der Waals surface area contributed by atoms with Crippen LogP contribution in [0.15, 0.2) is 0 Å². The molecule has 24 heavy (non-hydrogen) atoms. The molecule has 0 saturated carbocycles. The number of aliphatic hydroxyl groups is 1. The molecule has 6 heteroatoms. The van der Waals surface area contributed by atoms with Crippen LogP contribution in [0.1, 0.15) is 40.5 Å². The van der Waals surface area contributed by atoms with E-state index in [0.29, 0.717) is 12.5 Å². The summed E-state index contributed by atoms with van der Waals surface area (Å²) in [6.45, 7) is 15.2. The van der Waals surface area contributed by atoms with E-state index in [0.717, 1.165) is 32.7 Å². The maximum absolute atomic E-state index is 12.4. The fourth-order valence-electron chi connectivity index (χ4n) is 3.85. The minimum absolute atomic E-state index is 0.0682. The van der Waals surface area contributed by atoms with Crippen molar-refractivity contribution >= 4 is 6.03 Å². The summed E-state index contributed by atoms with van der Waals surface area (Å²) in [4.78, 5) is 19.1. The van der Waals surface area contributed by atoms with E-state index in [1.807, 2.05) is 18.7 Å². The Morgan fingerprint density at radius 1 is 1.25 bits per heavy atom. The SMILES string of the molecule is CCCN1CC[C@H](CNC(=O)N2CCN(CC(C)(C)O)[C@H](C)C2)C1. The molecule has 2 atom stereocenters. The van der Waals surface area contributed by atoms with E-state index in [4.69, 9.17) is 0 Å². The van der Waals surface area contributed by atoms with Gasteiger partial charge in [0, 0.05) is 45.3 Å². The zero-order valence-electron chi connectivity index (χ0n) is 15.9. The van der Waals surface area contributed by atoms with Crippen molar-refractivity contribution in [2.24, 2.45) is 5.92 Å². The second kappa shape index (κ2) is 8.50. The normalized spacial score (nSPS) is 26.8. The van der Waals surface area contributed by atoms with Gasteiger partial charge in [0.25, 0.3) is 0 Å². The van der Waals surface area contributed by atoms with Crippen molar-refractivity contribution in [3.63, 3.8) is 0 Å². The van der Waals surface area contributed by atoms with Crippen LogP contribution in [0.2, 0.25) is 0 Å². The van der Waals surface area contributed by atoms with E-state index in [1.165, 1.54) is 25.9 Å². The average molecular weight is 341 g/mol. The Hall–Kier alpha value is -0.850. The van der Waals surface area contributed by atoms with Crippen molar-refractivity contribution in [1.82, 2.24) is 20.0 Å². The second-order valence-corrected chi connectivity index (χ2v) is 8.22. The van der Waals surface area contributed by atoms with Crippen LogP contribution < -0.4 is 5.32 Å². The maximum Gasteiger partial charge on any atom is 0.317 e. The molecule has 0 unspecified atom stereocenters. The van der Waals surface area contributed by atoms with Gasteiger partial charge < -0.3 is 20.2 Å². The molecule has 0 aliphatic carbocycles. The molecular formula is C18H36N4O2. The van der Waals surface area contributed by atoms with Gasteiger partial charge in [-0.1, -0.05) is 6.92 Å². The van der Waals surface area contributed by atoms with Crippen LogP contribution in [0.4, 0.5) is 4.79 Å². The molecule has 0 aromatic heterocycles. The van der Waals surface area contributed by atoms with Crippen LogP contribution in [0.25, 0.3) is 0 Å². The van der Waals surface area contributed by atoms with Crippen LogP contribution in [0.5, 0.6) is 0 Å². The summed E-state index contributed by atoms with van der Waals surface area (Å²) in [5, 5.41) is 13.1. The van der Waals surface area contributed by atoms with Crippen LogP contribution in [0.3, 0.4) is 0 Å². The lowest BCUT2D eigenvalue weighted by Crippen LogP contribution is -2.58. The molecule has 2 fully saturated rings. The number of nitrogens with one attached hydrogen (secondary N) is 1. The number of urea groups is 1. The van der Waals surface area contributed by atoms with Crippen molar-refractivity contribution < 1.29 is 9.90 Å². The number of hydrogen-bond donors (Lipinski definition) is 2. The largest absolute Gasteiger partial charge is 0.389 e. The molecule has 0 radical (unpaired) electrons. The molecule has 6 nitrogen and oxygen atoms in total. The van der Waals surface area contributed by atoms with Gasteiger partial charge in [0.05, 0.1) is 5.60 Å². The van der Waals surface area contributed by atoms with Crippen LogP contribution in [-0.2, 0) is 0 Å². The van der Waals surface area contributed by atoms with Crippen molar-refractivity contribution in [3.8, 4) is 0 Å². The molecule has 0 spiro atoms. The monoisotopic (exact) mass is 340 g/mol. The smallest absolute Gasteiger partial charge is 0.317 e. The molecule has 2 aliphatic heterocycles. The van der Waals surface area contributed by atoms with Gasteiger partial charge in [-0.25, -0.2) is 4.79 Å². The van der Waals surface area contributed by atoms with Crippen LogP contribution in [0, 0.1) is 5.92 Å². The van der Waals surface area contributed by atoms with Gasteiger partial charge >= 0.3 is 6.03 Å². The summed E-state index contributed by atoms with van der Waals surface area (Å²) in [7, 11) is 0. The first-order valence-electron chi connectivity index (χ1n) is 9.50. The fraction of sp³-hybridized carbons (Fsp3) is 0.944. The highest BCUT2D eigenvalue weighted by Gasteiger charge is 2.30. The first-order valence-corrected chi connectivity index (χ1v) is 9.50. The lowest BCUT2D eigenvalue weighted by atomic mass is 10.1. The predicted octanol–water partition coefficient (Wildman–Crippen LogP) is 1.20. The van der Waals surface area contributed by atoms with Gasteiger partial charge in [-0.2, -0.15) is 0 Å². The minimum atomic E-state index is -0.689. The summed E-state index contributed by atoms with van der Waals surface area (Å²) in [5.74, 6) is 0.592. The van der Waals surface area contributed by atoms with Crippen molar-refractivity contribution in [2.45, 2.75) is 52.2 Å². The summed E-state index contributed by atoms with van der Waals surface area (Å²) in [6, 6.07) is 0.348.